The number of Topliss-reactive ketones (excluding diaryl/α,β-unsaturated/α-hetero) is 4. The molecule has 214 valence electrons. The van der Waals surface area contributed by atoms with E-state index in [-0.39, 0.29) is 11.1 Å². The van der Waals surface area contributed by atoms with E-state index in [1.165, 1.54) is 13.8 Å². The molecular formula is C30H22O12. The third-order valence-electron chi connectivity index (χ3n) is 10.8. The van der Waals surface area contributed by atoms with E-state index in [0.717, 1.165) is 12.1 Å². The first-order valence-corrected chi connectivity index (χ1v) is 13.2. The number of ketones is 4. The summed E-state index contributed by atoms with van der Waals surface area (Å²) in [6.45, 7) is 2.79. The molecule has 0 aromatic heterocycles. The molecule has 4 fully saturated rings. The lowest BCUT2D eigenvalue weighted by Crippen LogP contribution is -2.86. The molecule has 8 rings (SSSR count). The summed E-state index contributed by atoms with van der Waals surface area (Å²) < 4.78 is 0. The highest BCUT2D eigenvalue weighted by Gasteiger charge is 2.90. The molecule has 0 aliphatic heterocycles. The number of carbonyl (C=O) groups excluding carboxylic acids is 4. The maximum Gasteiger partial charge on any atom is 0.179 e. The maximum atomic E-state index is 14.3. The van der Waals surface area contributed by atoms with Gasteiger partial charge in [-0.2, -0.15) is 0 Å². The second-order valence-electron chi connectivity index (χ2n) is 12.2. The van der Waals surface area contributed by atoms with Crippen molar-refractivity contribution in [1.82, 2.24) is 0 Å². The molecule has 2 aromatic carbocycles. The number of benzene rings is 2. The molecule has 0 saturated heterocycles. The summed E-state index contributed by atoms with van der Waals surface area (Å²) >= 11 is 0. The molecule has 42 heavy (non-hydrogen) atoms. The fourth-order valence-electron chi connectivity index (χ4n) is 9.19. The second kappa shape index (κ2) is 6.85. The Hall–Kier alpha value is -4.68. The molecule has 8 N–H and O–H groups in total. The number of aliphatic hydroxyl groups is 4. The summed E-state index contributed by atoms with van der Waals surface area (Å²) in [6.07, 6.45) is -3.27. The SMILES string of the molecule is Cc1cc(O)c2c(c1O)C(=O)C13C(=C2O)C(=O)C1C(O)C3C1C(O)C2C(=O)C3=C(O)c4c(O)cc(C)c(O)c4C(=O)C321. The molecule has 2 spiro atoms. The molecule has 8 atom stereocenters. The third-order valence-corrected chi connectivity index (χ3v) is 10.8. The number of fused-ring (bicyclic) bond motifs is 2. The number of aromatic hydroxyl groups is 4. The highest BCUT2D eigenvalue weighted by molar-refractivity contribution is 6.31. The molecule has 0 radical (unpaired) electrons. The molecule has 2 aromatic rings. The minimum atomic E-state index is -2.02. The predicted molar refractivity (Wildman–Crippen MR) is 138 cm³/mol. The Morgan fingerprint density at radius 2 is 0.905 bits per heavy atom. The fraction of sp³-hybridized carbons (Fsp3) is 0.333. The zero-order chi connectivity index (χ0) is 30.3. The van der Waals surface area contributed by atoms with Gasteiger partial charge in [-0.25, -0.2) is 0 Å². The van der Waals surface area contributed by atoms with E-state index in [2.05, 4.69) is 0 Å². The molecule has 0 amide bonds. The number of phenolic OH excluding ortho intramolecular Hbond substituents is 4. The Morgan fingerprint density at radius 3 is 1.24 bits per heavy atom. The summed E-state index contributed by atoms with van der Waals surface area (Å²) in [6, 6.07) is 2.20. The molecule has 6 aliphatic carbocycles. The van der Waals surface area contributed by atoms with Crippen molar-refractivity contribution in [2.75, 3.05) is 0 Å². The van der Waals surface area contributed by atoms with Crippen LogP contribution in [0.25, 0.3) is 11.5 Å². The summed E-state index contributed by atoms with van der Waals surface area (Å²) in [5, 5.41) is 87.7. The lowest BCUT2D eigenvalue weighted by molar-refractivity contribution is -0.259. The quantitative estimate of drug-likeness (QED) is 0.224. The monoisotopic (exact) mass is 574 g/mol. The lowest BCUT2D eigenvalue weighted by Gasteiger charge is -2.75. The molecule has 12 nitrogen and oxygen atoms in total. The van der Waals surface area contributed by atoms with Crippen molar-refractivity contribution in [2.24, 2.45) is 34.5 Å². The van der Waals surface area contributed by atoms with Gasteiger partial charge in [0.2, 0.25) is 0 Å². The Kier molecular flexibility index (Phi) is 4.09. The van der Waals surface area contributed by atoms with Gasteiger partial charge in [0.05, 0.1) is 68.3 Å². The van der Waals surface area contributed by atoms with Crippen LogP contribution in [0, 0.1) is 48.3 Å². The number of aliphatic hydroxyl groups excluding tert-OH is 4. The van der Waals surface area contributed by atoms with Crippen LogP contribution in [-0.4, -0.2) is 76.2 Å². The first-order chi connectivity index (χ1) is 19.7. The number of aryl methyl sites for hydroxylation is 2. The van der Waals surface area contributed by atoms with Crippen molar-refractivity contribution in [3.63, 3.8) is 0 Å². The zero-order valence-electron chi connectivity index (χ0n) is 21.8. The molecule has 12 heteroatoms. The van der Waals surface area contributed by atoms with Gasteiger partial charge in [0.1, 0.15) is 34.5 Å². The number of carbonyl (C=O) groups is 4. The Labute approximate surface area is 235 Å². The van der Waals surface area contributed by atoms with E-state index in [1.54, 1.807) is 0 Å². The van der Waals surface area contributed by atoms with Crippen molar-refractivity contribution in [2.45, 2.75) is 26.1 Å². The largest absolute Gasteiger partial charge is 0.507 e. The third kappa shape index (κ3) is 2.03. The van der Waals surface area contributed by atoms with E-state index in [9.17, 15) is 60.0 Å². The van der Waals surface area contributed by atoms with Crippen molar-refractivity contribution in [3.05, 3.63) is 56.7 Å². The molecule has 0 heterocycles. The van der Waals surface area contributed by atoms with Crippen LogP contribution < -0.4 is 0 Å². The summed E-state index contributed by atoms with van der Waals surface area (Å²) in [7, 11) is 0. The van der Waals surface area contributed by atoms with Crippen LogP contribution in [-0.2, 0) is 9.59 Å². The summed E-state index contributed by atoms with van der Waals surface area (Å²) in [4.78, 5) is 54.9. The topological polar surface area (TPSA) is 230 Å². The highest BCUT2D eigenvalue weighted by atomic mass is 16.3. The van der Waals surface area contributed by atoms with Crippen LogP contribution in [0.15, 0.2) is 23.3 Å². The fourth-order valence-corrected chi connectivity index (χ4v) is 9.19. The first kappa shape index (κ1) is 25.1. The van der Waals surface area contributed by atoms with Crippen molar-refractivity contribution < 1.29 is 60.0 Å². The minimum absolute atomic E-state index is 0.0812. The van der Waals surface area contributed by atoms with E-state index in [1.807, 2.05) is 0 Å². The number of phenols is 4. The summed E-state index contributed by atoms with van der Waals surface area (Å²) in [5.74, 6) is -13.1. The summed E-state index contributed by atoms with van der Waals surface area (Å²) in [5.41, 5.74) is -6.69. The van der Waals surface area contributed by atoms with Gasteiger partial charge in [-0.3, -0.25) is 19.2 Å². The van der Waals surface area contributed by atoms with Gasteiger partial charge >= 0.3 is 0 Å². The number of hydrogen-bond acceptors (Lipinski definition) is 12. The molecule has 0 bridgehead atoms. The van der Waals surface area contributed by atoms with Gasteiger partial charge in [-0.15, -0.1) is 0 Å². The van der Waals surface area contributed by atoms with Gasteiger partial charge in [-0.1, -0.05) is 0 Å². The van der Waals surface area contributed by atoms with E-state index >= 15 is 0 Å². The van der Waals surface area contributed by atoms with Crippen LogP contribution in [0.4, 0.5) is 0 Å². The van der Waals surface area contributed by atoms with Crippen LogP contribution in [0.2, 0.25) is 0 Å². The smallest absolute Gasteiger partial charge is 0.179 e. The number of hydrogen-bond donors (Lipinski definition) is 8. The van der Waals surface area contributed by atoms with E-state index in [0.29, 0.717) is 0 Å². The minimum Gasteiger partial charge on any atom is -0.507 e. The van der Waals surface area contributed by atoms with Crippen molar-refractivity contribution >= 4 is 34.7 Å². The van der Waals surface area contributed by atoms with Gasteiger partial charge in [0.15, 0.2) is 23.1 Å². The maximum absolute atomic E-state index is 14.3. The Bertz CT molecular complexity index is 1780. The second-order valence-corrected chi connectivity index (χ2v) is 12.2. The Balaban J connectivity index is 1.37. The first-order valence-electron chi connectivity index (χ1n) is 13.2. The molecule has 4 saturated carbocycles. The normalized spacial score (nSPS) is 36.9. The van der Waals surface area contributed by atoms with Crippen LogP contribution in [0.3, 0.4) is 0 Å². The van der Waals surface area contributed by atoms with Crippen LogP contribution in [0.1, 0.15) is 43.0 Å². The van der Waals surface area contributed by atoms with Crippen LogP contribution >= 0.6 is 0 Å². The highest BCUT2D eigenvalue weighted by Crippen LogP contribution is 2.80. The zero-order valence-corrected chi connectivity index (χ0v) is 21.8. The van der Waals surface area contributed by atoms with Gasteiger partial charge in [0, 0.05) is 11.8 Å². The van der Waals surface area contributed by atoms with Gasteiger partial charge in [0.25, 0.3) is 0 Å². The average Bonchev–Trinajstić information content (AvgIpc) is 2.90. The molecule has 6 aliphatic rings. The van der Waals surface area contributed by atoms with Gasteiger partial charge in [-0.05, 0) is 37.1 Å². The van der Waals surface area contributed by atoms with Gasteiger partial charge < -0.3 is 40.9 Å². The van der Waals surface area contributed by atoms with Crippen molar-refractivity contribution in [3.8, 4) is 23.0 Å². The Morgan fingerprint density at radius 1 is 0.571 bits per heavy atom. The molecule has 8 unspecified atom stereocenters. The average molecular weight is 574 g/mol. The van der Waals surface area contributed by atoms with E-state index in [4.69, 9.17) is 0 Å². The lowest BCUT2D eigenvalue weighted by atomic mass is 9.24. The molecular weight excluding hydrogens is 552 g/mol. The number of rotatable bonds is 1. The number of allylic oxidation sites excluding steroid dienone is 2. The van der Waals surface area contributed by atoms with Crippen LogP contribution in [0.5, 0.6) is 23.0 Å². The van der Waals surface area contributed by atoms with Crippen molar-refractivity contribution in [1.29, 1.82) is 0 Å². The van der Waals surface area contributed by atoms with E-state index < -0.39 is 138 Å². The predicted octanol–water partition coefficient (Wildman–Crippen LogP) is 1.11. The standard InChI is InChI=1S/C30H22O12/c1-5-3-7(31)9-11(19(5)33)27(41)29-13(23(37)17(29)25(39)15(29)21(9)35)14-24(38)18-26(40)16-22(36)10-8(32)4-6(2)20(34)12(10)28(42)30(14,16)18/h3-4,13-14,17-18,23-24,31-38H,1-2H3.